The molecule has 3 aromatic carbocycles. The van der Waals surface area contributed by atoms with Crippen LogP contribution in [0.25, 0.3) is 10.4 Å². The summed E-state index contributed by atoms with van der Waals surface area (Å²) < 4.78 is 20.1. The van der Waals surface area contributed by atoms with Crippen LogP contribution in [0, 0.1) is 12.5 Å². The Morgan fingerprint density at radius 2 is 1.42 bits per heavy atom. The van der Waals surface area contributed by atoms with Gasteiger partial charge in [0.1, 0.15) is 0 Å². The second-order valence-corrected chi connectivity index (χ2v) is 15.4. The zero-order valence-electron chi connectivity index (χ0n) is 23.4. The first-order chi connectivity index (χ1) is 17.9. The minimum absolute atomic E-state index is 0.124. The van der Waals surface area contributed by atoms with Gasteiger partial charge in [-0.1, -0.05) is 91.5 Å². The van der Waals surface area contributed by atoms with Crippen molar-refractivity contribution in [2.75, 3.05) is 0 Å². The van der Waals surface area contributed by atoms with Gasteiger partial charge in [-0.3, -0.25) is 0 Å². The Morgan fingerprint density at radius 1 is 0.895 bits per heavy atom. The molecule has 1 saturated heterocycles. The first-order valence-corrected chi connectivity index (χ1v) is 16.1. The van der Waals surface area contributed by atoms with Crippen LogP contribution in [0.2, 0.25) is 19.4 Å². The van der Waals surface area contributed by atoms with E-state index in [4.69, 9.17) is 20.3 Å². The molecule has 1 fully saturated rings. The van der Waals surface area contributed by atoms with E-state index in [1.807, 2.05) is 48.5 Å². The van der Waals surface area contributed by atoms with Crippen molar-refractivity contribution in [1.29, 1.82) is 0 Å². The minimum atomic E-state index is -2.35. The van der Waals surface area contributed by atoms with E-state index in [9.17, 15) is 0 Å². The lowest BCUT2D eigenvalue weighted by Gasteiger charge is -2.36. The molecule has 0 aromatic heterocycles. The van der Waals surface area contributed by atoms with Crippen molar-refractivity contribution >= 4 is 31.9 Å². The smallest absolute Gasteiger partial charge is 0.405 e. The fourth-order valence-electron chi connectivity index (χ4n) is 4.93. The van der Waals surface area contributed by atoms with Crippen LogP contribution in [-0.2, 0) is 13.7 Å². The summed E-state index contributed by atoms with van der Waals surface area (Å²) in [6, 6.07) is 28.5. The van der Waals surface area contributed by atoms with Crippen LogP contribution in [0.5, 0.6) is 0 Å². The van der Waals surface area contributed by atoms with Gasteiger partial charge in [0.25, 0.3) is 0 Å². The molecule has 1 heterocycles. The fourth-order valence-corrected chi connectivity index (χ4v) is 7.00. The van der Waals surface area contributed by atoms with Crippen LogP contribution in [0.3, 0.4) is 0 Å². The topological polar surface area (TPSA) is 32.0 Å². The monoisotopic (exact) mass is 523 g/mol. The molecule has 3 aromatic rings. The highest BCUT2D eigenvalue weighted by atomic mass is 28.4. The minimum Gasteiger partial charge on any atom is -0.405 e. The number of nitrogens with zero attached hydrogens (tertiary/aromatic N) is 1. The molecule has 196 valence electrons. The van der Waals surface area contributed by atoms with Gasteiger partial charge in [-0.15, -0.1) is 0 Å². The van der Waals surface area contributed by atoms with E-state index in [2.05, 4.69) is 88.6 Å². The quantitative estimate of drug-likeness (QED) is 0.212. The Kier molecular flexibility index (Phi) is 8.15. The number of rotatable bonds is 9. The molecule has 4 nitrogen and oxygen atoms in total. The Bertz CT molecular complexity index is 1270. The first-order valence-electron chi connectivity index (χ1n) is 13.2. The molecule has 0 radical (unpaired) electrons. The third-order valence-corrected chi connectivity index (χ3v) is 10.5. The van der Waals surface area contributed by atoms with E-state index >= 15 is 0 Å². The maximum Gasteiger partial charge on any atom is 0.458 e. The maximum atomic E-state index is 7.42. The van der Waals surface area contributed by atoms with Crippen molar-refractivity contribution in [2.45, 2.75) is 64.4 Å². The standard InChI is InChI=1S/C32H38BNO3Si/c1-24(25-15-11-9-12-16-25)29(23-33-36-31(2,3)32(4,5)37-33)30(26-19-21-27(34-6)22-20-26)35-38(7,8)28-17-13-10-14-18-28/h9-22,29-30H,1,23H2,2-5,7-8H3. The van der Waals surface area contributed by atoms with Crippen molar-refractivity contribution < 1.29 is 13.7 Å². The first kappa shape index (κ1) is 28.1. The average molecular weight is 524 g/mol. The summed E-state index contributed by atoms with van der Waals surface area (Å²) >= 11 is 0. The molecule has 0 bridgehead atoms. The average Bonchev–Trinajstić information content (AvgIpc) is 3.12. The largest absolute Gasteiger partial charge is 0.458 e. The van der Waals surface area contributed by atoms with Crippen molar-refractivity contribution in [1.82, 2.24) is 0 Å². The number of benzene rings is 3. The molecule has 2 atom stereocenters. The summed E-state index contributed by atoms with van der Waals surface area (Å²) in [6.45, 7) is 24.8. The molecular weight excluding hydrogens is 485 g/mol. The predicted molar refractivity (Wildman–Crippen MR) is 160 cm³/mol. The normalized spacial score (nSPS) is 18.0. The van der Waals surface area contributed by atoms with Gasteiger partial charge in [0.05, 0.1) is 23.9 Å². The molecule has 0 saturated carbocycles. The van der Waals surface area contributed by atoms with Crippen LogP contribution in [0.4, 0.5) is 5.69 Å². The summed E-state index contributed by atoms with van der Waals surface area (Å²) in [7, 11) is -2.75. The number of hydrogen-bond acceptors (Lipinski definition) is 3. The van der Waals surface area contributed by atoms with Crippen LogP contribution < -0.4 is 5.19 Å². The van der Waals surface area contributed by atoms with Crippen LogP contribution in [-0.4, -0.2) is 26.6 Å². The van der Waals surface area contributed by atoms with Crippen molar-refractivity contribution in [2.24, 2.45) is 5.92 Å². The van der Waals surface area contributed by atoms with Gasteiger partial charge in [0.15, 0.2) is 5.69 Å². The molecule has 2 unspecified atom stereocenters. The van der Waals surface area contributed by atoms with E-state index in [1.165, 1.54) is 5.19 Å². The highest BCUT2D eigenvalue weighted by molar-refractivity contribution is 6.84. The molecule has 0 spiro atoms. The lowest BCUT2D eigenvalue weighted by molar-refractivity contribution is 0.00578. The Balaban J connectivity index is 1.78. The Labute approximate surface area is 229 Å². The van der Waals surface area contributed by atoms with E-state index in [1.54, 1.807) is 0 Å². The van der Waals surface area contributed by atoms with Gasteiger partial charge in [-0.2, -0.15) is 0 Å². The summed E-state index contributed by atoms with van der Waals surface area (Å²) in [5.41, 5.74) is 2.82. The highest BCUT2D eigenvalue weighted by Crippen LogP contribution is 2.45. The maximum absolute atomic E-state index is 7.42. The van der Waals surface area contributed by atoms with E-state index < -0.39 is 26.6 Å². The van der Waals surface area contributed by atoms with E-state index in [0.717, 1.165) is 16.7 Å². The SMILES string of the molecule is [C-]#[N+]c1ccc(C(O[Si](C)(C)c2ccccc2)C(CB2OC(C)(C)C(C)(C)O2)C(=C)c2ccccc2)cc1. The molecule has 0 aliphatic carbocycles. The predicted octanol–water partition coefficient (Wildman–Crippen LogP) is 7.83. The molecule has 0 N–H and O–H groups in total. The zero-order chi connectivity index (χ0) is 27.6. The lowest BCUT2D eigenvalue weighted by Crippen LogP contribution is -2.47. The summed E-state index contributed by atoms with van der Waals surface area (Å²) in [5.74, 6) is -0.124. The van der Waals surface area contributed by atoms with E-state index in [0.29, 0.717) is 12.0 Å². The fraction of sp³-hybridized carbons (Fsp3) is 0.344. The summed E-state index contributed by atoms with van der Waals surface area (Å²) in [4.78, 5) is 3.60. The summed E-state index contributed by atoms with van der Waals surface area (Å²) in [6.07, 6.45) is 0.290. The molecule has 0 amide bonds. The lowest BCUT2D eigenvalue weighted by atomic mass is 9.70. The molecule has 6 heteroatoms. The van der Waals surface area contributed by atoms with Crippen molar-refractivity contribution in [3.05, 3.63) is 114 Å². The highest BCUT2D eigenvalue weighted by Gasteiger charge is 2.52. The van der Waals surface area contributed by atoms with Gasteiger partial charge in [0.2, 0.25) is 8.32 Å². The van der Waals surface area contributed by atoms with Gasteiger partial charge in [0, 0.05) is 5.92 Å². The third kappa shape index (κ3) is 6.03. The van der Waals surface area contributed by atoms with E-state index in [-0.39, 0.29) is 12.0 Å². The van der Waals surface area contributed by atoms with Gasteiger partial charge in [-0.05, 0) is 69.0 Å². The van der Waals surface area contributed by atoms with Gasteiger partial charge < -0.3 is 13.7 Å². The Morgan fingerprint density at radius 3 is 1.95 bits per heavy atom. The molecule has 1 aliphatic heterocycles. The van der Waals surface area contributed by atoms with Gasteiger partial charge in [-0.25, -0.2) is 4.85 Å². The summed E-state index contributed by atoms with van der Waals surface area (Å²) in [5, 5.41) is 1.22. The van der Waals surface area contributed by atoms with Gasteiger partial charge >= 0.3 is 7.12 Å². The van der Waals surface area contributed by atoms with Crippen LogP contribution in [0.1, 0.15) is 44.9 Å². The second-order valence-electron chi connectivity index (χ2n) is 11.5. The molecule has 38 heavy (non-hydrogen) atoms. The second kappa shape index (κ2) is 11.0. The molecule has 4 rings (SSSR count). The molecule has 1 aliphatic rings. The third-order valence-electron chi connectivity index (χ3n) is 7.95. The van der Waals surface area contributed by atoms with Crippen LogP contribution >= 0.6 is 0 Å². The Hall–Kier alpha value is -2.95. The molecular formula is C32H38BNO3Si. The van der Waals surface area contributed by atoms with Crippen molar-refractivity contribution in [3.8, 4) is 0 Å². The van der Waals surface area contributed by atoms with Crippen LogP contribution in [0.15, 0.2) is 91.5 Å². The van der Waals surface area contributed by atoms with Crippen molar-refractivity contribution in [3.63, 3.8) is 0 Å². The number of hydrogen-bond donors (Lipinski definition) is 0. The zero-order valence-corrected chi connectivity index (χ0v) is 24.4.